The van der Waals surface area contributed by atoms with Crippen molar-refractivity contribution in [2.45, 2.75) is 70.4 Å². The molecule has 0 atom stereocenters. The van der Waals surface area contributed by atoms with Crippen LogP contribution in [0.5, 0.6) is 0 Å². The van der Waals surface area contributed by atoms with E-state index in [9.17, 15) is 0 Å². The van der Waals surface area contributed by atoms with Gasteiger partial charge in [-0.05, 0) is 38.2 Å². The molecule has 1 N–H and O–H groups in total. The van der Waals surface area contributed by atoms with Crippen LogP contribution >= 0.6 is 0 Å². The Morgan fingerprint density at radius 3 is 2.57 bits per heavy atom. The summed E-state index contributed by atoms with van der Waals surface area (Å²) in [5.74, 6) is 0.812. The van der Waals surface area contributed by atoms with E-state index in [1.807, 2.05) is 6.20 Å². The highest BCUT2D eigenvalue weighted by Gasteiger charge is 2.21. The lowest BCUT2D eigenvalue weighted by Gasteiger charge is -2.14. The molecule has 2 saturated carbocycles. The summed E-state index contributed by atoms with van der Waals surface area (Å²) in [6.45, 7) is 2.17. The van der Waals surface area contributed by atoms with E-state index in [0.717, 1.165) is 11.6 Å². The smallest absolute Gasteiger partial charge is 0.224 e. The van der Waals surface area contributed by atoms with Crippen molar-refractivity contribution in [1.29, 1.82) is 0 Å². The maximum atomic E-state index is 4.84. The van der Waals surface area contributed by atoms with Gasteiger partial charge >= 0.3 is 0 Å². The van der Waals surface area contributed by atoms with Crippen molar-refractivity contribution in [2.24, 2.45) is 0 Å². The van der Waals surface area contributed by atoms with Crippen LogP contribution in [-0.2, 0) is 0 Å². The molecule has 0 aromatic carbocycles. The summed E-state index contributed by atoms with van der Waals surface area (Å²) in [6, 6.07) is 1.20. The van der Waals surface area contributed by atoms with E-state index in [1.165, 1.54) is 62.3 Å². The van der Waals surface area contributed by atoms with Gasteiger partial charge in [0.25, 0.3) is 0 Å². The zero-order valence-electron chi connectivity index (χ0n) is 12.8. The van der Waals surface area contributed by atoms with Gasteiger partial charge in [0.05, 0.1) is 0 Å². The second-order valence-corrected chi connectivity index (χ2v) is 6.71. The predicted molar refractivity (Wildman–Crippen MR) is 85.6 cm³/mol. The third kappa shape index (κ3) is 2.41. The van der Waals surface area contributed by atoms with Gasteiger partial charge in [-0.15, -0.1) is 0 Å². The number of rotatable bonds is 3. The van der Waals surface area contributed by atoms with Crippen LogP contribution in [0.4, 0.5) is 5.95 Å². The molecule has 0 saturated heterocycles. The van der Waals surface area contributed by atoms with Gasteiger partial charge < -0.3 is 9.88 Å². The lowest BCUT2D eigenvalue weighted by Crippen LogP contribution is -2.17. The summed E-state index contributed by atoms with van der Waals surface area (Å²) >= 11 is 0. The van der Waals surface area contributed by atoms with Crippen LogP contribution in [-0.4, -0.2) is 20.6 Å². The van der Waals surface area contributed by atoms with Gasteiger partial charge in [-0.1, -0.05) is 25.7 Å². The molecule has 0 bridgehead atoms. The number of hydrogen-bond donors (Lipinski definition) is 1. The van der Waals surface area contributed by atoms with E-state index in [1.54, 1.807) is 0 Å². The molecular formula is C17H24N4. The summed E-state index contributed by atoms with van der Waals surface area (Å²) in [7, 11) is 0. The summed E-state index contributed by atoms with van der Waals surface area (Å²) in [5.41, 5.74) is 2.42. The van der Waals surface area contributed by atoms with Crippen LogP contribution in [0.25, 0.3) is 11.0 Å². The number of nitrogens with zero attached hydrogens (tertiary/aromatic N) is 3. The van der Waals surface area contributed by atoms with Crippen molar-refractivity contribution < 1.29 is 0 Å². The number of hydrogen-bond acceptors (Lipinski definition) is 3. The maximum Gasteiger partial charge on any atom is 0.224 e. The lowest BCUT2D eigenvalue weighted by atomic mass is 10.2. The molecule has 2 aromatic rings. The highest BCUT2D eigenvalue weighted by atomic mass is 15.2. The van der Waals surface area contributed by atoms with E-state index in [2.05, 4.69) is 28.0 Å². The van der Waals surface area contributed by atoms with Gasteiger partial charge in [0.1, 0.15) is 5.65 Å². The van der Waals surface area contributed by atoms with Crippen molar-refractivity contribution in [2.75, 3.05) is 5.32 Å². The monoisotopic (exact) mass is 284 g/mol. The highest BCUT2D eigenvalue weighted by Crippen LogP contribution is 2.33. The fourth-order valence-electron chi connectivity index (χ4n) is 3.97. The van der Waals surface area contributed by atoms with Gasteiger partial charge in [0.2, 0.25) is 5.95 Å². The molecule has 4 heteroatoms. The second kappa shape index (κ2) is 5.32. The summed E-state index contributed by atoms with van der Waals surface area (Å²) in [6.07, 6.45) is 14.7. The average Bonchev–Trinajstić information content (AvgIpc) is 3.20. The minimum atomic E-state index is 0.568. The van der Waals surface area contributed by atoms with Gasteiger partial charge in [-0.3, -0.25) is 0 Å². The SMILES string of the molecule is Cc1cn(C2CCCC2)c2nc(NC3CCCC3)ncc12. The number of fused-ring (bicyclic) bond motifs is 1. The first-order valence-electron chi connectivity index (χ1n) is 8.42. The molecule has 112 valence electrons. The normalized spacial score (nSPS) is 20.6. The van der Waals surface area contributed by atoms with Crippen molar-refractivity contribution in [3.8, 4) is 0 Å². The zero-order chi connectivity index (χ0) is 14.2. The fourth-order valence-corrected chi connectivity index (χ4v) is 3.97. The van der Waals surface area contributed by atoms with E-state index >= 15 is 0 Å². The summed E-state index contributed by atoms with van der Waals surface area (Å²) < 4.78 is 2.40. The Morgan fingerprint density at radius 2 is 1.81 bits per heavy atom. The van der Waals surface area contributed by atoms with Gasteiger partial charge in [-0.25, -0.2) is 4.98 Å². The molecule has 0 unspecified atom stereocenters. The standard InChI is InChI=1S/C17H24N4/c1-12-11-21(14-8-4-5-9-14)16-15(12)10-18-17(20-16)19-13-6-2-3-7-13/h10-11,13-14H,2-9H2,1H3,(H,18,19,20). The van der Waals surface area contributed by atoms with Crippen LogP contribution in [0.15, 0.2) is 12.4 Å². The third-order valence-electron chi connectivity index (χ3n) is 5.18. The van der Waals surface area contributed by atoms with E-state index in [-0.39, 0.29) is 0 Å². The van der Waals surface area contributed by atoms with Gasteiger partial charge in [-0.2, -0.15) is 4.98 Å². The predicted octanol–water partition coefficient (Wildman–Crippen LogP) is 4.21. The van der Waals surface area contributed by atoms with Crippen molar-refractivity contribution in [3.05, 3.63) is 18.0 Å². The second-order valence-electron chi connectivity index (χ2n) is 6.71. The Bertz CT molecular complexity index is 634. The van der Waals surface area contributed by atoms with Crippen LogP contribution in [0.1, 0.15) is 63.0 Å². The van der Waals surface area contributed by atoms with Crippen molar-refractivity contribution in [3.63, 3.8) is 0 Å². The highest BCUT2D eigenvalue weighted by molar-refractivity contribution is 5.80. The molecule has 0 radical (unpaired) electrons. The molecule has 2 fully saturated rings. The number of anilines is 1. The van der Waals surface area contributed by atoms with Crippen LogP contribution in [0, 0.1) is 6.92 Å². The van der Waals surface area contributed by atoms with Gasteiger partial charge in [0, 0.05) is 29.9 Å². The Hall–Kier alpha value is -1.58. The number of nitrogens with one attached hydrogen (secondary N) is 1. The largest absolute Gasteiger partial charge is 0.351 e. The molecule has 2 aromatic heterocycles. The first kappa shape index (κ1) is 13.1. The fraction of sp³-hybridized carbons (Fsp3) is 0.647. The first-order chi connectivity index (χ1) is 10.3. The van der Waals surface area contributed by atoms with Crippen LogP contribution in [0.2, 0.25) is 0 Å². The molecule has 21 heavy (non-hydrogen) atoms. The van der Waals surface area contributed by atoms with Crippen LogP contribution < -0.4 is 5.32 Å². The summed E-state index contributed by atoms with van der Waals surface area (Å²) in [5, 5.41) is 4.73. The Morgan fingerprint density at radius 1 is 1.10 bits per heavy atom. The van der Waals surface area contributed by atoms with E-state index in [0.29, 0.717) is 12.1 Å². The van der Waals surface area contributed by atoms with Crippen molar-refractivity contribution >= 4 is 17.0 Å². The minimum absolute atomic E-state index is 0.568. The molecule has 4 nitrogen and oxygen atoms in total. The maximum absolute atomic E-state index is 4.84. The van der Waals surface area contributed by atoms with Crippen molar-refractivity contribution in [1.82, 2.24) is 14.5 Å². The van der Waals surface area contributed by atoms with Crippen LogP contribution in [0.3, 0.4) is 0 Å². The minimum Gasteiger partial charge on any atom is -0.351 e. The first-order valence-corrected chi connectivity index (χ1v) is 8.42. The molecule has 2 heterocycles. The Labute approximate surface area is 126 Å². The van der Waals surface area contributed by atoms with Gasteiger partial charge in [0.15, 0.2) is 0 Å². The van der Waals surface area contributed by atoms with E-state index < -0.39 is 0 Å². The topological polar surface area (TPSA) is 42.7 Å². The molecule has 0 spiro atoms. The Balaban J connectivity index is 1.69. The lowest BCUT2D eigenvalue weighted by molar-refractivity contribution is 0.531. The molecular weight excluding hydrogens is 260 g/mol. The average molecular weight is 284 g/mol. The van der Waals surface area contributed by atoms with E-state index in [4.69, 9.17) is 4.98 Å². The summed E-state index contributed by atoms with van der Waals surface area (Å²) in [4.78, 5) is 9.38. The molecule has 4 rings (SSSR count). The molecule has 2 aliphatic rings. The third-order valence-corrected chi connectivity index (χ3v) is 5.18. The molecule has 2 aliphatic carbocycles. The zero-order valence-corrected chi connectivity index (χ0v) is 12.8. The quantitative estimate of drug-likeness (QED) is 0.918. The molecule has 0 aliphatic heterocycles. The number of aryl methyl sites for hydroxylation is 1. The molecule has 0 amide bonds. The Kier molecular flexibility index (Phi) is 3.32. The number of aromatic nitrogens is 3.